The summed E-state index contributed by atoms with van der Waals surface area (Å²) in [6, 6.07) is 0.429. The highest BCUT2D eigenvalue weighted by Gasteiger charge is 2.36. The molecule has 2 fully saturated rings. The van der Waals surface area contributed by atoms with Crippen LogP contribution in [0.3, 0.4) is 0 Å². The monoisotopic (exact) mass is 236 g/mol. The number of carbonyl (C=O) groups excluding carboxylic acids is 1. The third kappa shape index (κ3) is 1.88. The zero-order valence-corrected chi connectivity index (χ0v) is 9.53. The van der Waals surface area contributed by atoms with Crippen LogP contribution in [0.15, 0.2) is 11.0 Å². The Hall–Kier alpha value is -1.56. The number of fused-ring (bicyclic) bond motifs is 1. The standard InChI is InChI=1S/C11H16N4O2/c16-10(8-4-13-11(17)14-8)15-5-7-2-1-3-12-9(7)6-15/h4,7,9,12H,1-3,5-6H2,(H2,13,14,17). The average Bonchev–Trinajstić information content (AvgIpc) is 2.93. The molecule has 2 atom stereocenters. The van der Waals surface area contributed by atoms with Crippen LogP contribution >= 0.6 is 0 Å². The van der Waals surface area contributed by atoms with Gasteiger partial charge in [0.2, 0.25) is 0 Å². The number of aromatic amines is 2. The van der Waals surface area contributed by atoms with Gasteiger partial charge in [-0.2, -0.15) is 0 Å². The molecule has 2 unspecified atom stereocenters. The van der Waals surface area contributed by atoms with E-state index in [1.165, 1.54) is 19.0 Å². The highest BCUT2D eigenvalue weighted by Crippen LogP contribution is 2.25. The second kappa shape index (κ2) is 4.03. The number of amides is 1. The number of aromatic nitrogens is 2. The molecule has 17 heavy (non-hydrogen) atoms. The van der Waals surface area contributed by atoms with Gasteiger partial charge in [0.25, 0.3) is 5.91 Å². The summed E-state index contributed by atoms with van der Waals surface area (Å²) in [5.41, 5.74) is 0.0248. The van der Waals surface area contributed by atoms with Gasteiger partial charge in [0.05, 0.1) is 0 Å². The minimum absolute atomic E-state index is 0.0837. The summed E-state index contributed by atoms with van der Waals surface area (Å²) in [5, 5.41) is 3.45. The molecule has 1 aromatic rings. The molecule has 0 bridgehead atoms. The summed E-state index contributed by atoms with van der Waals surface area (Å²) in [6.07, 6.45) is 3.81. The molecule has 6 nitrogen and oxygen atoms in total. The molecule has 6 heteroatoms. The number of imidazole rings is 1. The lowest BCUT2D eigenvalue weighted by molar-refractivity contribution is 0.0780. The Morgan fingerprint density at radius 1 is 1.41 bits per heavy atom. The maximum atomic E-state index is 12.1. The molecular formula is C11H16N4O2. The van der Waals surface area contributed by atoms with Crippen molar-refractivity contribution in [2.24, 2.45) is 5.92 Å². The van der Waals surface area contributed by atoms with Crippen molar-refractivity contribution in [1.82, 2.24) is 20.2 Å². The molecule has 3 rings (SSSR count). The van der Waals surface area contributed by atoms with Gasteiger partial charge in [0.15, 0.2) is 0 Å². The maximum absolute atomic E-state index is 12.1. The molecule has 0 spiro atoms. The van der Waals surface area contributed by atoms with Gasteiger partial charge in [0, 0.05) is 25.3 Å². The van der Waals surface area contributed by atoms with E-state index in [2.05, 4.69) is 15.3 Å². The lowest BCUT2D eigenvalue weighted by Gasteiger charge is -2.24. The lowest BCUT2D eigenvalue weighted by atomic mass is 9.94. The summed E-state index contributed by atoms with van der Waals surface area (Å²) in [6.45, 7) is 2.59. The maximum Gasteiger partial charge on any atom is 0.323 e. The van der Waals surface area contributed by atoms with E-state index in [4.69, 9.17) is 0 Å². The third-order valence-corrected chi connectivity index (χ3v) is 3.71. The number of hydrogen-bond acceptors (Lipinski definition) is 3. The highest BCUT2D eigenvalue weighted by molar-refractivity contribution is 5.92. The van der Waals surface area contributed by atoms with E-state index in [1.54, 1.807) is 0 Å². The van der Waals surface area contributed by atoms with Crippen LogP contribution in [0, 0.1) is 5.92 Å². The molecule has 2 aliphatic rings. The second-order valence-corrected chi connectivity index (χ2v) is 4.83. The first-order chi connectivity index (χ1) is 8.24. The van der Waals surface area contributed by atoms with Crippen molar-refractivity contribution in [3.05, 3.63) is 22.4 Å². The molecule has 3 heterocycles. The topological polar surface area (TPSA) is 81.0 Å². The van der Waals surface area contributed by atoms with Crippen LogP contribution in [0.5, 0.6) is 0 Å². The van der Waals surface area contributed by atoms with Crippen molar-refractivity contribution < 1.29 is 4.79 Å². The van der Waals surface area contributed by atoms with Crippen molar-refractivity contribution in [3.8, 4) is 0 Å². The van der Waals surface area contributed by atoms with Crippen LogP contribution in [0.25, 0.3) is 0 Å². The smallest absolute Gasteiger partial charge is 0.323 e. The molecule has 0 radical (unpaired) electrons. The van der Waals surface area contributed by atoms with E-state index < -0.39 is 0 Å². The van der Waals surface area contributed by atoms with E-state index >= 15 is 0 Å². The average molecular weight is 236 g/mol. The minimum atomic E-state index is -0.330. The molecule has 92 valence electrons. The summed E-state index contributed by atoms with van der Waals surface area (Å²) in [5.74, 6) is 0.484. The Morgan fingerprint density at radius 2 is 2.29 bits per heavy atom. The fourth-order valence-corrected chi connectivity index (χ4v) is 2.83. The normalized spacial score (nSPS) is 28.1. The minimum Gasteiger partial charge on any atom is -0.335 e. The first-order valence-electron chi connectivity index (χ1n) is 6.04. The first-order valence-corrected chi connectivity index (χ1v) is 6.04. The molecule has 2 aliphatic heterocycles. The van der Waals surface area contributed by atoms with Crippen LogP contribution in [0.1, 0.15) is 23.3 Å². The molecule has 3 N–H and O–H groups in total. The van der Waals surface area contributed by atoms with E-state index in [1.807, 2.05) is 4.90 Å². The zero-order chi connectivity index (χ0) is 11.8. The summed E-state index contributed by atoms with van der Waals surface area (Å²) in [4.78, 5) is 29.9. The van der Waals surface area contributed by atoms with Crippen LogP contribution < -0.4 is 11.0 Å². The number of likely N-dealkylation sites (tertiary alicyclic amines) is 1. The molecule has 1 amide bonds. The number of nitrogens with one attached hydrogen (secondary N) is 3. The lowest BCUT2D eigenvalue weighted by Crippen LogP contribution is -2.41. The van der Waals surface area contributed by atoms with Crippen molar-refractivity contribution >= 4 is 5.91 Å². The summed E-state index contributed by atoms with van der Waals surface area (Å²) in [7, 11) is 0. The fraction of sp³-hybridized carbons (Fsp3) is 0.636. The van der Waals surface area contributed by atoms with Gasteiger partial charge >= 0.3 is 5.69 Å². The molecule has 2 saturated heterocycles. The predicted molar refractivity (Wildman–Crippen MR) is 61.8 cm³/mol. The van der Waals surface area contributed by atoms with Crippen molar-refractivity contribution in [2.75, 3.05) is 19.6 Å². The summed E-state index contributed by atoms with van der Waals surface area (Å²) >= 11 is 0. The Labute approximate surface area is 98.4 Å². The van der Waals surface area contributed by atoms with Crippen LogP contribution in [-0.2, 0) is 0 Å². The van der Waals surface area contributed by atoms with Crippen molar-refractivity contribution in [3.63, 3.8) is 0 Å². The number of carbonyl (C=O) groups is 1. The SMILES string of the molecule is O=C(c1c[nH]c(=O)[nH]1)N1CC2CCCNC2C1. The van der Waals surface area contributed by atoms with Crippen molar-refractivity contribution in [1.29, 1.82) is 0 Å². The third-order valence-electron chi connectivity index (χ3n) is 3.71. The van der Waals surface area contributed by atoms with Crippen LogP contribution in [0.2, 0.25) is 0 Å². The van der Waals surface area contributed by atoms with Gasteiger partial charge in [-0.3, -0.25) is 4.79 Å². The fourth-order valence-electron chi connectivity index (χ4n) is 2.83. The predicted octanol–water partition coefficient (Wildman–Crippen LogP) is -0.473. The van der Waals surface area contributed by atoms with Gasteiger partial charge in [0.1, 0.15) is 5.69 Å². The first kappa shape index (κ1) is 10.6. The highest BCUT2D eigenvalue weighted by atomic mass is 16.2. The van der Waals surface area contributed by atoms with E-state index in [9.17, 15) is 9.59 Å². The van der Waals surface area contributed by atoms with E-state index in [0.717, 1.165) is 19.6 Å². The second-order valence-electron chi connectivity index (χ2n) is 4.83. The molecule has 0 saturated carbocycles. The molecular weight excluding hydrogens is 220 g/mol. The van der Waals surface area contributed by atoms with Gasteiger partial charge in [-0.15, -0.1) is 0 Å². The largest absolute Gasteiger partial charge is 0.335 e. The molecule has 0 aliphatic carbocycles. The number of H-pyrrole nitrogens is 2. The van der Waals surface area contributed by atoms with Gasteiger partial charge in [-0.1, -0.05) is 0 Å². The van der Waals surface area contributed by atoms with Gasteiger partial charge < -0.3 is 20.2 Å². The van der Waals surface area contributed by atoms with E-state index in [0.29, 0.717) is 17.7 Å². The number of nitrogens with zero attached hydrogens (tertiary/aromatic N) is 1. The number of piperidine rings is 1. The zero-order valence-electron chi connectivity index (χ0n) is 9.53. The van der Waals surface area contributed by atoms with Crippen molar-refractivity contribution in [2.45, 2.75) is 18.9 Å². The van der Waals surface area contributed by atoms with Gasteiger partial charge in [-0.05, 0) is 25.3 Å². The summed E-state index contributed by atoms with van der Waals surface area (Å²) < 4.78 is 0. The Morgan fingerprint density at radius 3 is 3.00 bits per heavy atom. The van der Waals surface area contributed by atoms with Gasteiger partial charge in [-0.25, -0.2) is 4.79 Å². The number of hydrogen-bond donors (Lipinski definition) is 3. The Balaban J connectivity index is 1.73. The van der Waals surface area contributed by atoms with Crippen LogP contribution in [-0.4, -0.2) is 46.5 Å². The van der Waals surface area contributed by atoms with E-state index in [-0.39, 0.29) is 11.6 Å². The quantitative estimate of drug-likeness (QED) is 0.616. The number of rotatable bonds is 1. The Kier molecular flexibility index (Phi) is 2.51. The Bertz CT molecular complexity index is 464. The molecule has 0 aromatic carbocycles. The molecule has 1 aromatic heterocycles. The van der Waals surface area contributed by atoms with Crippen LogP contribution in [0.4, 0.5) is 0 Å².